The lowest BCUT2D eigenvalue weighted by molar-refractivity contribution is -0.116. The molecule has 0 radical (unpaired) electrons. The first-order chi connectivity index (χ1) is 11.5. The summed E-state index contributed by atoms with van der Waals surface area (Å²) < 4.78 is 5.06. The fourth-order valence-corrected chi connectivity index (χ4v) is 2.33. The third-order valence-electron chi connectivity index (χ3n) is 3.70. The van der Waals surface area contributed by atoms with Gasteiger partial charge in [-0.15, -0.1) is 0 Å². The van der Waals surface area contributed by atoms with Gasteiger partial charge in [0.1, 0.15) is 11.5 Å². The molecule has 0 atom stereocenters. The van der Waals surface area contributed by atoms with E-state index in [0.717, 1.165) is 5.56 Å². The van der Waals surface area contributed by atoms with Gasteiger partial charge in [-0.2, -0.15) is 0 Å². The van der Waals surface area contributed by atoms with E-state index in [1.807, 2.05) is 6.92 Å². The van der Waals surface area contributed by atoms with E-state index in [1.165, 1.54) is 6.07 Å². The van der Waals surface area contributed by atoms with E-state index in [-0.39, 0.29) is 23.9 Å². The van der Waals surface area contributed by atoms with Crippen LogP contribution in [0.5, 0.6) is 11.5 Å². The first-order valence-electron chi connectivity index (χ1n) is 7.76. The van der Waals surface area contributed by atoms with Crippen molar-refractivity contribution in [3.05, 3.63) is 53.6 Å². The minimum atomic E-state index is -0.147. The Bertz CT molecular complexity index is 723. The molecule has 5 nitrogen and oxygen atoms in total. The molecule has 0 aliphatic rings. The summed E-state index contributed by atoms with van der Waals surface area (Å²) in [6.45, 7) is 1.81. The van der Waals surface area contributed by atoms with Gasteiger partial charge in [0.15, 0.2) is 5.78 Å². The molecule has 0 aliphatic heterocycles. The molecule has 24 heavy (non-hydrogen) atoms. The summed E-state index contributed by atoms with van der Waals surface area (Å²) >= 11 is 0. The SMILES string of the molecule is COc1ccc(C(=O)CCCC(=O)Nc2ccc(O)cc2C)cc1. The van der Waals surface area contributed by atoms with Crippen molar-refractivity contribution in [2.75, 3.05) is 12.4 Å². The third kappa shape index (κ3) is 4.84. The van der Waals surface area contributed by atoms with Crippen molar-refractivity contribution in [3.63, 3.8) is 0 Å². The molecule has 0 aliphatic carbocycles. The number of carbonyl (C=O) groups excluding carboxylic acids is 2. The van der Waals surface area contributed by atoms with Crippen LogP contribution in [-0.2, 0) is 4.79 Å². The topological polar surface area (TPSA) is 75.6 Å². The summed E-state index contributed by atoms with van der Waals surface area (Å²) in [6, 6.07) is 11.7. The Labute approximate surface area is 141 Å². The largest absolute Gasteiger partial charge is 0.508 e. The van der Waals surface area contributed by atoms with Gasteiger partial charge in [-0.25, -0.2) is 0 Å². The fraction of sp³-hybridized carbons (Fsp3) is 0.263. The van der Waals surface area contributed by atoms with Gasteiger partial charge < -0.3 is 15.2 Å². The van der Waals surface area contributed by atoms with Gasteiger partial charge in [0.25, 0.3) is 0 Å². The van der Waals surface area contributed by atoms with E-state index in [4.69, 9.17) is 4.74 Å². The lowest BCUT2D eigenvalue weighted by atomic mass is 10.1. The summed E-state index contributed by atoms with van der Waals surface area (Å²) in [5, 5.41) is 12.1. The Morgan fingerprint density at radius 1 is 1.08 bits per heavy atom. The lowest BCUT2D eigenvalue weighted by Crippen LogP contribution is -2.12. The van der Waals surface area contributed by atoms with E-state index in [9.17, 15) is 14.7 Å². The molecule has 0 bridgehead atoms. The predicted molar refractivity (Wildman–Crippen MR) is 92.6 cm³/mol. The van der Waals surface area contributed by atoms with E-state index >= 15 is 0 Å². The molecule has 0 heterocycles. The molecule has 126 valence electrons. The van der Waals surface area contributed by atoms with Crippen LogP contribution in [0.25, 0.3) is 0 Å². The van der Waals surface area contributed by atoms with E-state index in [1.54, 1.807) is 43.5 Å². The van der Waals surface area contributed by atoms with Crippen LogP contribution < -0.4 is 10.1 Å². The van der Waals surface area contributed by atoms with Crippen molar-refractivity contribution in [3.8, 4) is 11.5 Å². The number of carbonyl (C=O) groups is 2. The summed E-state index contributed by atoms with van der Waals surface area (Å²) in [6.07, 6.45) is 1.06. The zero-order chi connectivity index (χ0) is 17.5. The van der Waals surface area contributed by atoms with Crippen LogP contribution in [0.3, 0.4) is 0 Å². The molecule has 2 aromatic carbocycles. The summed E-state index contributed by atoms with van der Waals surface area (Å²) in [7, 11) is 1.57. The second kappa shape index (κ2) is 8.15. The summed E-state index contributed by atoms with van der Waals surface area (Å²) in [5.41, 5.74) is 2.07. The molecule has 2 N–H and O–H groups in total. The van der Waals surface area contributed by atoms with Gasteiger partial charge >= 0.3 is 0 Å². The molecule has 0 unspecified atom stereocenters. The molecule has 0 fully saturated rings. The number of amides is 1. The normalized spacial score (nSPS) is 10.2. The van der Waals surface area contributed by atoms with E-state index < -0.39 is 0 Å². The highest BCUT2D eigenvalue weighted by atomic mass is 16.5. The Balaban J connectivity index is 1.80. The van der Waals surface area contributed by atoms with Crippen molar-refractivity contribution in [1.82, 2.24) is 0 Å². The Hall–Kier alpha value is -2.82. The molecule has 0 spiro atoms. The Morgan fingerprint density at radius 3 is 2.42 bits per heavy atom. The second-order valence-corrected chi connectivity index (χ2v) is 5.55. The number of ketones is 1. The second-order valence-electron chi connectivity index (χ2n) is 5.55. The lowest BCUT2D eigenvalue weighted by Gasteiger charge is -2.08. The van der Waals surface area contributed by atoms with Crippen LogP contribution >= 0.6 is 0 Å². The number of anilines is 1. The van der Waals surface area contributed by atoms with E-state index in [2.05, 4.69) is 5.32 Å². The minimum Gasteiger partial charge on any atom is -0.508 e. The number of nitrogens with one attached hydrogen (secondary N) is 1. The highest BCUT2D eigenvalue weighted by Gasteiger charge is 2.09. The fourth-order valence-electron chi connectivity index (χ4n) is 2.33. The van der Waals surface area contributed by atoms with Crippen LogP contribution in [0.2, 0.25) is 0 Å². The van der Waals surface area contributed by atoms with E-state index in [0.29, 0.717) is 29.8 Å². The van der Waals surface area contributed by atoms with Gasteiger partial charge in [0.05, 0.1) is 7.11 Å². The van der Waals surface area contributed by atoms with Crippen molar-refractivity contribution >= 4 is 17.4 Å². The quantitative estimate of drug-likeness (QED) is 0.600. The van der Waals surface area contributed by atoms with Crippen molar-refractivity contribution in [2.45, 2.75) is 26.2 Å². The average Bonchev–Trinajstić information content (AvgIpc) is 2.57. The number of hydrogen-bond acceptors (Lipinski definition) is 4. The van der Waals surface area contributed by atoms with Crippen molar-refractivity contribution in [2.24, 2.45) is 0 Å². The average molecular weight is 327 g/mol. The smallest absolute Gasteiger partial charge is 0.224 e. The van der Waals surface area contributed by atoms with Gasteiger partial charge in [-0.1, -0.05) is 0 Å². The molecule has 0 saturated heterocycles. The van der Waals surface area contributed by atoms with Crippen LogP contribution in [0, 0.1) is 6.92 Å². The van der Waals surface area contributed by atoms with Crippen molar-refractivity contribution < 1.29 is 19.4 Å². The highest BCUT2D eigenvalue weighted by Crippen LogP contribution is 2.20. The Morgan fingerprint density at radius 2 is 1.79 bits per heavy atom. The van der Waals surface area contributed by atoms with Crippen LogP contribution in [0.4, 0.5) is 5.69 Å². The number of aromatic hydroxyl groups is 1. The number of phenols is 1. The number of rotatable bonds is 7. The highest BCUT2D eigenvalue weighted by molar-refractivity contribution is 5.97. The number of benzene rings is 2. The van der Waals surface area contributed by atoms with Gasteiger partial charge in [-0.05, 0) is 61.4 Å². The summed E-state index contributed by atoms with van der Waals surface area (Å²) in [5.74, 6) is 0.725. The monoisotopic (exact) mass is 327 g/mol. The number of hydrogen-bond donors (Lipinski definition) is 2. The molecule has 0 aromatic heterocycles. The van der Waals surface area contributed by atoms with Crippen LogP contribution in [-0.4, -0.2) is 23.9 Å². The van der Waals surface area contributed by atoms with Gasteiger partial charge in [0.2, 0.25) is 5.91 Å². The zero-order valence-electron chi connectivity index (χ0n) is 13.8. The molecule has 2 aromatic rings. The first-order valence-corrected chi connectivity index (χ1v) is 7.76. The van der Waals surface area contributed by atoms with Crippen LogP contribution in [0.15, 0.2) is 42.5 Å². The third-order valence-corrected chi connectivity index (χ3v) is 3.70. The standard InChI is InChI=1S/C19H21NO4/c1-13-12-15(21)8-11-17(13)20-19(23)5-3-4-18(22)14-6-9-16(24-2)10-7-14/h6-12,21H,3-5H2,1-2H3,(H,20,23). The molecule has 5 heteroatoms. The van der Waals surface area contributed by atoms with Gasteiger partial charge in [0, 0.05) is 24.1 Å². The number of phenolic OH excluding ortho intramolecular Hbond substituents is 1. The number of aryl methyl sites for hydroxylation is 1. The molecule has 0 saturated carbocycles. The number of Topliss-reactive ketones (excluding diaryl/α,β-unsaturated/α-hetero) is 1. The maximum absolute atomic E-state index is 12.1. The molecular weight excluding hydrogens is 306 g/mol. The van der Waals surface area contributed by atoms with Crippen LogP contribution in [0.1, 0.15) is 35.2 Å². The maximum Gasteiger partial charge on any atom is 0.224 e. The Kier molecular flexibility index (Phi) is 5.95. The number of ether oxygens (including phenoxy) is 1. The molecule has 2 rings (SSSR count). The minimum absolute atomic E-state index is 0.00580. The predicted octanol–water partition coefficient (Wildman–Crippen LogP) is 3.70. The first kappa shape index (κ1) is 17.5. The zero-order valence-corrected chi connectivity index (χ0v) is 13.8. The van der Waals surface area contributed by atoms with Gasteiger partial charge in [-0.3, -0.25) is 9.59 Å². The molecule has 1 amide bonds. The molecular formula is C19H21NO4. The number of methoxy groups -OCH3 is 1. The van der Waals surface area contributed by atoms with Crippen molar-refractivity contribution in [1.29, 1.82) is 0 Å². The maximum atomic E-state index is 12.1. The summed E-state index contributed by atoms with van der Waals surface area (Å²) in [4.78, 5) is 24.0.